The summed E-state index contributed by atoms with van der Waals surface area (Å²) in [4.78, 5) is 25.3. The van der Waals surface area contributed by atoms with Crippen molar-refractivity contribution < 1.29 is 9.59 Å². The normalized spacial score (nSPS) is 18.7. The Morgan fingerprint density at radius 2 is 2.15 bits per heavy atom. The summed E-state index contributed by atoms with van der Waals surface area (Å²) in [6.07, 6.45) is 1.71. The van der Waals surface area contributed by atoms with E-state index in [4.69, 9.17) is 11.6 Å². The van der Waals surface area contributed by atoms with Crippen molar-refractivity contribution in [3.8, 4) is 0 Å². The Hall–Kier alpha value is -1.55. The Labute approximate surface area is 124 Å². The number of carbonyl (C=O) groups excluding carboxylic acids is 2. The highest BCUT2D eigenvalue weighted by atomic mass is 35.5. The van der Waals surface area contributed by atoms with Crippen molar-refractivity contribution in [3.05, 3.63) is 34.9 Å². The minimum absolute atomic E-state index is 0.00382. The summed E-state index contributed by atoms with van der Waals surface area (Å²) < 4.78 is 0. The average molecular weight is 295 g/mol. The van der Waals surface area contributed by atoms with Gasteiger partial charge in [0, 0.05) is 31.6 Å². The molecule has 0 saturated carbocycles. The quantitative estimate of drug-likeness (QED) is 0.929. The summed E-state index contributed by atoms with van der Waals surface area (Å²) in [5.74, 6) is -0.0837. The summed E-state index contributed by atoms with van der Waals surface area (Å²) in [6.45, 7) is 3.24. The van der Waals surface area contributed by atoms with Gasteiger partial charge in [-0.1, -0.05) is 29.8 Å². The lowest BCUT2D eigenvalue weighted by atomic mass is 9.97. The molecule has 1 aromatic rings. The predicted molar refractivity (Wildman–Crippen MR) is 78.3 cm³/mol. The smallest absolute Gasteiger partial charge is 0.225 e. The molecule has 1 N–H and O–H groups in total. The van der Waals surface area contributed by atoms with Crippen LogP contribution in [0.3, 0.4) is 0 Å². The minimum Gasteiger partial charge on any atom is -0.352 e. The second-order valence-corrected chi connectivity index (χ2v) is 5.52. The van der Waals surface area contributed by atoms with Gasteiger partial charge in [-0.15, -0.1) is 0 Å². The van der Waals surface area contributed by atoms with Crippen molar-refractivity contribution in [2.45, 2.75) is 26.3 Å². The van der Waals surface area contributed by atoms with Gasteiger partial charge in [-0.2, -0.15) is 0 Å². The third-order valence-corrected chi connectivity index (χ3v) is 4.02. The Bertz CT molecular complexity index is 504. The first-order chi connectivity index (χ1) is 9.58. The molecule has 1 heterocycles. The average Bonchev–Trinajstić information content (AvgIpc) is 2.46. The maximum Gasteiger partial charge on any atom is 0.225 e. The Balaban J connectivity index is 1.89. The highest BCUT2D eigenvalue weighted by Crippen LogP contribution is 2.18. The first kappa shape index (κ1) is 14.9. The molecule has 0 spiro atoms. The van der Waals surface area contributed by atoms with Crippen LogP contribution in [-0.2, 0) is 16.1 Å². The van der Waals surface area contributed by atoms with E-state index in [9.17, 15) is 9.59 Å². The van der Waals surface area contributed by atoms with Crippen molar-refractivity contribution in [1.82, 2.24) is 10.2 Å². The molecule has 1 aliphatic rings. The highest BCUT2D eigenvalue weighted by molar-refractivity contribution is 6.31. The van der Waals surface area contributed by atoms with Crippen LogP contribution in [0.1, 0.15) is 25.3 Å². The minimum atomic E-state index is -0.116. The number of nitrogens with zero attached hydrogens (tertiary/aromatic N) is 1. The molecule has 108 valence electrons. The number of likely N-dealkylation sites (tertiary alicyclic amines) is 1. The molecule has 0 radical (unpaired) electrons. The van der Waals surface area contributed by atoms with Gasteiger partial charge in [-0.05, 0) is 24.5 Å². The Morgan fingerprint density at radius 1 is 1.40 bits per heavy atom. The zero-order valence-electron chi connectivity index (χ0n) is 11.6. The molecule has 1 saturated heterocycles. The first-order valence-electron chi connectivity index (χ1n) is 6.84. The summed E-state index contributed by atoms with van der Waals surface area (Å²) >= 11 is 6.05. The number of benzene rings is 1. The van der Waals surface area contributed by atoms with Crippen molar-refractivity contribution >= 4 is 23.4 Å². The SMILES string of the molecule is CC(=O)N1CCCC(C(=O)NCc2ccccc2Cl)C1. The van der Waals surface area contributed by atoms with Crippen molar-refractivity contribution in [2.24, 2.45) is 5.92 Å². The highest BCUT2D eigenvalue weighted by Gasteiger charge is 2.26. The largest absolute Gasteiger partial charge is 0.352 e. The fraction of sp³-hybridized carbons (Fsp3) is 0.467. The number of carbonyl (C=O) groups is 2. The molecule has 0 aliphatic carbocycles. The van der Waals surface area contributed by atoms with Gasteiger partial charge >= 0.3 is 0 Å². The van der Waals surface area contributed by atoms with Crippen LogP contribution in [0, 0.1) is 5.92 Å². The third-order valence-electron chi connectivity index (χ3n) is 3.65. The van der Waals surface area contributed by atoms with E-state index in [2.05, 4.69) is 5.32 Å². The van der Waals surface area contributed by atoms with Crippen LogP contribution in [0.25, 0.3) is 0 Å². The van der Waals surface area contributed by atoms with E-state index in [1.807, 2.05) is 18.2 Å². The van der Waals surface area contributed by atoms with Gasteiger partial charge in [-0.25, -0.2) is 0 Å². The molecule has 2 amide bonds. The molecule has 5 heteroatoms. The summed E-state index contributed by atoms with van der Waals surface area (Å²) in [6, 6.07) is 7.46. The molecule has 0 aromatic heterocycles. The van der Waals surface area contributed by atoms with E-state index in [1.165, 1.54) is 0 Å². The molecule has 1 aliphatic heterocycles. The fourth-order valence-corrected chi connectivity index (χ4v) is 2.65. The first-order valence-corrected chi connectivity index (χ1v) is 7.22. The van der Waals surface area contributed by atoms with E-state index >= 15 is 0 Å². The van der Waals surface area contributed by atoms with Gasteiger partial charge in [-0.3, -0.25) is 9.59 Å². The summed E-state index contributed by atoms with van der Waals surface area (Å²) in [5.41, 5.74) is 0.904. The summed E-state index contributed by atoms with van der Waals surface area (Å²) in [7, 11) is 0. The standard InChI is InChI=1S/C15H19ClN2O2/c1-11(19)18-8-4-6-13(10-18)15(20)17-9-12-5-2-3-7-14(12)16/h2-3,5,7,13H,4,6,8-10H2,1H3,(H,17,20). The van der Waals surface area contributed by atoms with E-state index in [1.54, 1.807) is 17.9 Å². The van der Waals surface area contributed by atoms with Gasteiger partial charge < -0.3 is 10.2 Å². The van der Waals surface area contributed by atoms with Crippen molar-refractivity contribution in [3.63, 3.8) is 0 Å². The molecule has 4 nitrogen and oxygen atoms in total. The number of nitrogens with one attached hydrogen (secondary N) is 1. The second kappa shape index (κ2) is 6.75. The van der Waals surface area contributed by atoms with Crippen molar-refractivity contribution in [2.75, 3.05) is 13.1 Å². The third kappa shape index (κ3) is 3.73. The molecule has 1 unspecified atom stereocenters. The Morgan fingerprint density at radius 3 is 2.85 bits per heavy atom. The maximum absolute atomic E-state index is 12.2. The summed E-state index contributed by atoms with van der Waals surface area (Å²) in [5, 5.41) is 3.56. The molecule has 20 heavy (non-hydrogen) atoms. The van der Waals surface area contributed by atoms with Gasteiger partial charge in [0.25, 0.3) is 0 Å². The van der Waals surface area contributed by atoms with Gasteiger partial charge in [0.15, 0.2) is 0 Å². The Kier molecular flexibility index (Phi) is 5.01. The number of halogens is 1. The molecule has 1 aromatic carbocycles. The van der Waals surface area contributed by atoms with Crippen LogP contribution in [0.15, 0.2) is 24.3 Å². The van der Waals surface area contributed by atoms with E-state index in [0.29, 0.717) is 18.1 Å². The number of hydrogen-bond donors (Lipinski definition) is 1. The molecule has 2 rings (SSSR count). The maximum atomic E-state index is 12.2. The van der Waals surface area contributed by atoms with Crippen LogP contribution in [0.2, 0.25) is 5.02 Å². The van der Waals surface area contributed by atoms with Crippen LogP contribution >= 0.6 is 11.6 Å². The lowest BCUT2D eigenvalue weighted by molar-refractivity contribution is -0.134. The van der Waals surface area contributed by atoms with E-state index < -0.39 is 0 Å². The van der Waals surface area contributed by atoms with Gasteiger partial charge in [0.2, 0.25) is 11.8 Å². The molecule has 1 atom stereocenters. The van der Waals surface area contributed by atoms with Crippen molar-refractivity contribution in [1.29, 1.82) is 0 Å². The lowest BCUT2D eigenvalue weighted by Crippen LogP contribution is -2.44. The number of rotatable bonds is 3. The van der Waals surface area contributed by atoms with Crippen LogP contribution in [0.4, 0.5) is 0 Å². The molecule has 1 fully saturated rings. The number of amides is 2. The van der Waals surface area contributed by atoms with E-state index in [-0.39, 0.29) is 17.7 Å². The number of piperidine rings is 1. The lowest BCUT2D eigenvalue weighted by Gasteiger charge is -2.31. The van der Waals surface area contributed by atoms with Crippen LogP contribution in [0.5, 0.6) is 0 Å². The van der Waals surface area contributed by atoms with E-state index in [0.717, 1.165) is 24.9 Å². The zero-order valence-corrected chi connectivity index (χ0v) is 12.3. The molecular formula is C15H19ClN2O2. The number of hydrogen-bond acceptors (Lipinski definition) is 2. The topological polar surface area (TPSA) is 49.4 Å². The van der Waals surface area contributed by atoms with Crippen LogP contribution in [-0.4, -0.2) is 29.8 Å². The monoisotopic (exact) mass is 294 g/mol. The predicted octanol–water partition coefficient (Wildman–Crippen LogP) is 2.21. The molecule has 0 bridgehead atoms. The second-order valence-electron chi connectivity index (χ2n) is 5.11. The van der Waals surface area contributed by atoms with Gasteiger partial charge in [0.1, 0.15) is 0 Å². The fourth-order valence-electron chi connectivity index (χ4n) is 2.45. The van der Waals surface area contributed by atoms with Crippen LogP contribution < -0.4 is 5.32 Å². The van der Waals surface area contributed by atoms with Gasteiger partial charge in [0.05, 0.1) is 5.92 Å². The zero-order chi connectivity index (χ0) is 14.5. The molecular weight excluding hydrogens is 276 g/mol.